The maximum absolute atomic E-state index is 12.2. The zero-order valence-corrected chi connectivity index (χ0v) is 12.9. The molecule has 0 radical (unpaired) electrons. The molecule has 0 spiro atoms. The van der Waals surface area contributed by atoms with Gasteiger partial charge in [0.2, 0.25) is 5.91 Å². The summed E-state index contributed by atoms with van der Waals surface area (Å²) < 4.78 is 11.2. The van der Waals surface area contributed by atoms with E-state index < -0.39 is 6.10 Å². The molecule has 1 N–H and O–H groups in total. The molecule has 0 unspecified atom stereocenters. The van der Waals surface area contributed by atoms with Crippen LogP contribution in [-0.4, -0.2) is 25.2 Å². The van der Waals surface area contributed by atoms with Crippen molar-refractivity contribution in [3.63, 3.8) is 0 Å². The van der Waals surface area contributed by atoms with E-state index >= 15 is 0 Å². The molecule has 0 aromatic heterocycles. The molecule has 1 aliphatic heterocycles. The first-order valence-corrected chi connectivity index (χ1v) is 7.86. The van der Waals surface area contributed by atoms with Gasteiger partial charge in [0.15, 0.2) is 0 Å². The fourth-order valence-electron chi connectivity index (χ4n) is 2.47. The van der Waals surface area contributed by atoms with Gasteiger partial charge in [-0.15, -0.1) is 0 Å². The van der Waals surface area contributed by atoms with E-state index in [4.69, 9.17) is 21.1 Å². The predicted molar refractivity (Wildman–Crippen MR) is 80.6 cm³/mol. The average Bonchev–Trinajstić information content (AvgIpc) is 3.30. The number of carbonyl (C=O) groups excluding carboxylic acids is 1. The quantitative estimate of drug-likeness (QED) is 0.909. The fraction of sp³-hybridized carbons (Fsp3) is 0.562. The van der Waals surface area contributed by atoms with E-state index in [2.05, 4.69) is 5.32 Å². The number of para-hydroxylation sites is 1. The van der Waals surface area contributed by atoms with Gasteiger partial charge in [0.25, 0.3) is 0 Å². The highest BCUT2D eigenvalue weighted by atomic mass is 35.5. The lowest BCUT2D eigenvalue weighted by atomic mass is 10.0. The molecule has 5 heteroatoms. The number of amides is 1. The number of nitrogens with one attached hydrogen (secondary N) is 1. The third kappa shape index (κ3) is 3.50. The van der Waals surface area contributed by atoms with E-state index in [1.807, 2.05) is 12.1 Å². The third-order valence-corrected chi connectivity index (χ3v) is 4.29. The normalized spacial score (nSPS) is 22.1. The summed E-state index contributed by atoms with van der Waals surface area (Å²) in [7, 11) is 0. The molecule has 21 heavy (non-hydrogen) atoms. The van der Waals surface area contributed by atoms with E-state index in [1.54, 1.807) is 13.0 Å². The van der Waals surface area contributed by atoms with Crippen LogP contribution in [0.25, 0.3) is 0 Å². The van der Waals surface area contributed by atoms with Crippen LogP contribution in [-0.2, 0) is 9.53 Å². The molecule has 3 rings (SSSR count). The van der Waals surface area contributed by atoms with E-state index in [-0.39, 0.29) is 11.9 Å². The van der Waals surface area contributed by atoms with Crippen LogP contribution in [0.5, 0.6) is 5.75 Å². The Hall–Kier alpha value is -1.26. The Morgan fingerprint density at radius 2 is 2.29 bits per heavy atom. The SMILES string of the molecule is C[C@@H](OCC1CC1)C(=O)N[C@@H]1CCOc2c(Cl)cccc21. The van der Waals surface area contributed by atoms with Crippen LogP contribution in [0, 0.1) is 5.92 Å². The summed E-state index contributed by atoms with van der Waals surface area (Å²) >= 11 is 6.14. The average molecular weight is 310 g/mol. The van der Waals surface area contributed by atoms with Gasteiger partial charge in [0.05, 0.1) is 24.3 Å². The lowest BCUT2D eigenvalue weighted by Gasteiger charge is -2.28. The van der Waals surface area contributed by atoms with Gasteiger partial charge in [0, 0.05) is 12.0 Å². The van der Waals surface area contributed by atoms with Crippen molar-refractivity contribution in [1.82, 2.24) is 5.32 Å². The van der Waals surface area contributed by atoms with Gasteiger partial charge in [-0.2, -0.15) is 0 Å². The van der Waals surface area contributed by atoms with Crippen molar-refractivity contribution in [3.05, 3.63) is 28.8 Å². The van der Waals surface area contributed by atoms with Crippen LogP contribution in [0.2, 0.25) is 5.02 Å². The largest absolute Gasteiger partial charge is 0.492 e. The molecular formula is C16H20ClNO3. The number of rotatable bonds is 5. The third-order valence-electron chi connectivity index (χ3n) is 3.99. The molecule has 1 aromatic carbocycles. The monoisotopic (exact) mass is 309 g/mol. The Morgan fingerprint density at radius 3 is 3.05 bits per heavy atom. The first-order chi connectivity index (χ1) is 10.1. The second kappa shape index (κ2) is 6.24. The first kappa shape index (κ1) is 14.7. The van der Waals surface area contributed by atoms with Gasteiger partial charge in [-0.25, -0.2) is 0 Å². The molecule has 1 saturated carbocycles. The number of carbonyl (C=O) groups is 1. The zero-order chi connectivity index (χ0) is 14.8. The maximum atomic E-state index is 12.2. The molecule has 1 heterocycles. The Morgan fingerprint density at radius 1 is 1.48 bits per heavy atom. The van der Waals surface area contributed by atoms with Gasteiger partial charge < -0.3 is 14.8 Å². The molecule has 0 saturated heterocycles. The molecule has 1 aliphatic carbocycles. The van der Waals surface area contributed by atoms with Crippen molar-refractivity contribution in [2.75, 3.05) is 13.2 Å². The summed E-state index contributed by atoms with van der Waals surface area (Å²) in [6, 6.07) is 5.56. The molecule has 1 amide bonds. The van der Waals surface area contributed by atoms with Crippen molar-refractivity contribution >= 4 is 17.5 Å². The van der Waals surface area contributed by atoms with Crippen LogP contribution >= 0.6 is 11.6 Å². The van der Waals surface area contributed by atoms with E-state index in [9.17, 15) is 4.79 Å². The van der Waals surface area contributed by atoms with Gasteiger partial charge in [-0.05, 0) is 31.7 Å². The summed E-state index contributed by atoms with van der Waals surface area (Å²) in [5.41, 5.74) is 0.941. The molecule has 1 aromatic rings. The second-order valence-corrected chi connectivity index (χ2v) is 6.18. The highest BCUT2D eigenvalue weighted by Crippen LogP contribution is 2.37. The molecular weight excluding hydrogens is 290 g/mol. The Labute approximate surface area is 129 Å². The molecule has 2 atom stereocenters. The van der Waals surface area contributed by atoms with Gasteiger partial charge in [-0.3, -0.25) is 4.79 Å². The zero-order valence-electron chi connectivity index (χ0n) is 12.1. The summed E-state index contributed by atoms with van der Waals surface area (Å²) in [4.78, 5) is 12.2. The van der Waals surface area contributed by atoms with Crippen LogP contribution < -0.4 is 10.1 Å². The van der Waals surface area contributed by atoms with Gasteiger partial charge in [0.1, 0.15) is 11.9 Å². The maximum Gasteiger partial charge on any atom is 0.249 e. The van der Waals surface area contributed by atoms with E-state index in [0.29, 0.717) is 29.9 Å². The van der Waals surface area contributed by atoms with Crippen molar-refractivity contribution < 1.29 is 14.3 Å². The standard InChI is InChI=1S/C16H20ClNO3/c1-10(21-9-11-5-6-11)16(19)18-14-7-8-20-15-12(14)3-2-4-13(15)17/h2-4,10-11,14H,5-9H2,1H3,(H,18,19)/t10-,14-/m1/s1. The highest BCUT2D eigenvalue weighted by Gasteiger charge is 2.28. The van der Waals surface area contributed by atoms with E-state index in [1.165, 1.54) is 12.8 Å². The lowest BCUT2D eigenvalue weighted by molar-refractivity contribution is -0.133. The number of halogens is 1. The minimum atomic E-state index is -0.420. The van der Waals surface area contributed by atoms with Crippen molar-refractivity contribution in [3.8, 4) is 5.75 Å². The minimum Gasteiger partial charge on any atom is -0.492 e. The number of fused-ring (bicyclic) bond motifs is 1. The topological polar surface area (TPSA) is 47.6 Å². The van der Waals surface area contributed by atoms with Crippen LogP contribution in [0.4, 0.5) is 0 Å². The number of benzene rings is 1. The summed E-state index contributed by atoms with van der Waals surface area (Å²) in [6.45, 7) is 3.04. The molecule has 2 aliphatic rings. The van der Waals surface area contributed by atoms with Crippen LogP contribution in [0.1, 0.15) is 37.8 Å². The van der Waals surface area contributed by atoms with Crippen molar-refractivity contribution in [1.29, 1.82) is 0 Å². The molecule has 114 valence electrons. The fourth-order valence-corrected chi connectivity index (χ4v) is 2.70. The van der Waals surface area contributed by atoms with Crippen molar-refractivity contribution in [2.45, 2.75) is 38.3 Å². The van der Waals surface area contributed by atoms with E-state index in [0.717, 1.165) is 12.0 Å². The number of hydrogen-bond acceptors (Lipinski definition) is 3. The Kier molecular flexibility index (Phi) is 4.36. The smallest absolute Gasteiger partial charge is 0.249 e. The number of ether oxygens (including phenoxy) is 2. The van der Waals surface area contributed by atoms with Gasteiger partial charge in [-0.1, -0.05) is 23.7 Å². The first-order valence-electron chi connectivity index (χ1n) is 7.48. The highest BCUT2D eigenvalue weighted by molar-refractivity contribution is 6.32. The van der Waals surface area contributed by atoms with Crippen molar-refractivity contribution in [2.24, 2.45) is 5.92 Å². The Bertz CT molecular complexity index is 530. The van der Waals surface area contributed by atoms with Crippen LogP contribution in [0.3, 0.4) is 0 Å². The predicted octanol–water partition coefficient (Wildman–Crippen LogP) is 3.09. The lowest BCUT2D eigenvalue weighted by Crippen LogP contribution is -2.39. The number of hydrogen-bond donors (Lipinski definition) is 1. The minimum absolute atomic E-state index is 0.0630. The molecule has 0 bridgehead atoms. The van der Waals surface area contributed by atoms with Crippen LogP contribution in [0.15, 0.2) is 18.2 Å². The summed E-state index contributed by atoms with van der Waals surface area (Å²) in [5.74, 6) is 1.26. The Balaban J connectivity index is 1.62. The summed E-state index contributed by atoms with van der Waals surface area (Å²) in [6.07, 6.45) is 2.77. The molecule has 4 nitrogen and oxygen atoms in total. The summed E-state index contributed by atoms with van der Waals surface area (Å²) in [5, 5.41) is 3.63. The molecule has 1 fully saturated rings. The van der Waals surface area contributed by atoms with Gasteiger partial charge >= 0.3 is 0 Å². The second-order valence-electron chi connectivity index (χ2n) is 5.78.